The summed E-state index contributed by atoms with van der Waals surface area (Å²) < 4.78 is 0. The summed E-state index contributed by atoms with van der Waals surface area (Å²) in [5.41, 5.74) is 1.99. The molecule has 1 unspecified atom stereocenters. The van der Waals surface area contributed by atoms with Crippen molar-refractivity contribution in [1.29, 1.82) is 0 Å². The number of benzene rings is 2. The number of nitrogens with zero attached hydrogens (tertiary/aromatic N) is 4. The van der Waals surface area contributed by atoms with Crippen LogP contribution in [0.2, 0.25) is 0 Å². The average Bonchev–Trinajstić information content (AvgIpc) is 2.86. The number of hydrogen-bond donors (Lipinski definition) is 1. The van der Waals surface area contributed by atoms with Gasteiger partial charge in [-0.2, -0.15) is 0 Å². The molecule has 8 nitrogen and oxygen atoms in total. The Balaban J connectivity index is 1.59. The van der Waals surface area contributed by atoms with Crippen molar-refractivity contribution in [3.63, 3.8) is 0 Å². The molecule has 2 heterocycles. The molecule has 0 spiro atoms. The van der Waals surface area contributed by atoms with Crippen molar-refractivity contribution in [3.8, 4) is 0 Å². The van der Waals surface area contributed by atoms with Crippen LogP contribution in [0.25, 0.3) is 0 Å². The molecule has 4 rings (SSSR count). The van der Waals surface area contributed by atoms with Crippen LogP contribution >= 0.6 is 0 Å². The molecular formula is C27H35N5O3. The molecule has 0 aliphatic carbocycles. The van der Waals surface area contributed by atoms with E-state index in [4.69, 9.17) is 0 Å². The van der Waals surface area contributed by atoms with E-state index in [1.807, 2.05) is 65.6 Å². The number of hydrogen-bond acceptors (Lipinski definition) is 4. The van der Waals surface area contributed by atoms with Gasteiger partial charge in [0.05, 0.1) is 13.1 Å². The van der Waals surface area contributed by atoms with Crippen molar-refractivity contribution < 1.29 is 14.4 Å². The van der Waals surface area contributed by atoms with Gasteiger partial charge in [0.1, 0.15) is 12.2 Å². The van der Waals surface area contributed by atoms with Crippen molar-refractivity contribution in [2.24, 2.45) is 0 Å². The van der Waals surface area contributed by atoms with E-state index in [0.717, 1.165) is 30.4 Å². The van der Waals surface area contributed by atoms with Crippen LogP contribution in [0.4, 0.5) is 4.79 Å². The molecule has 8 heteroatoms. The number of rotatable bonds is 8. The molecule has 2 aliphatic heterocycles. The van der Waals surface area contributed by atoms with Gasteiger partial charge in [0, 0.05) is 26.6 Å². The standard InChI is InChI=1S/C27H35N5O3/c1-3-4-11-16-30-19-24-31(23(26(30)34)17-21-12-7-5-8-13-21)25(33)20-29(2)32(24)27(35)28-18-22-14-9-6-10-15-22/h5-10,12-15,23-24H,3-4,11,16-20H2,1-2H3,(H,28,35)/t23-,24?/m0/s1. The second kappa shape index (κ2) is 11.4. The number of urea groups is 1. The number of amides is 4. The maximum atomic E-state index is 13.6. The van der Waals surface area contributed by atoms with Gasteiger partial charge in [0.25, 0.3) is 0 Å². The molecular weight excluding hydrogens is 442 g/mol. The largest absolute Gasteiger partial charge is 0.337 e. The van der Waals surface area contributed by atoms with Crippen LogP contribution in [0.15, 0.2) is 60.7 Å². The first kappa shape index (κ1) is 24.7. The van der Waals surface area contributed by atoms with E-state index in [0.29, 0.717) is 26.1 Å². The number of carbonyl (C=O) groups is 3. The molecule has 2 saturated heterocycles. The Labute approximate surface area is 207 Å². The molecule has 2 fully saturated rings. The zero-order valence-corrected chi connectivity index (χ0v) is 20.6. The van der Waals surface area contributed by atoms with Crippen molar-refractivity contribution in [2.45, 2.75) is 51.4 Å². The Hall–Kier alpha value is -3.39. The molecule has 2 aliphatic rings. The van der Waals surface area contributed by atoms with E-state index in [1.54, 1.807) is 22.0 Å². The monoisotopic (exact) mass is 477 g/mol. The number of likely N-dealkylation sites (N-methyl/N-ethyl adjacent to an activating group) is 1. The van der Waals surface area contributed by atoms with Crippen molar-refractivity contribution in [2.75, 3.05) is 26.7 Å². The minimum absolute atomic E-state index is 0.0382. The molecule has 0 bridgehead atoms. The third kappa shape index (κ3) is 5.65. The highest BCUT2D eigenvalue weighted by molar-refractivity contribution is 5.91. The SMILES string of the molecule is CCCCCN1CC2N(C(=O)CN(C)N2C(=O)NCc2ccccc2)[C@@H](Cc2ccccc2)C1=O. The van der Waals surface area contributed by atoms with Crippen molar-refractivity contribution in [3.05, 3.63) is 71.8 Å². The minimum atomic E-state index is -0.636. The van der Waals surface area contributed by atoms with Crippen LogP contribution in [0.1, 0.15) is 37.3 Å². The van der Waals surface area contributed by atoms with E-state index in [1.165, 1.54) is 0 Å². The summed E-state index contributed by atoms with van der Waals surface area (Å²) in [6.07, 6.45) is 2.86. The third-order valence-corrected chi connectivity index (χ3v) is 6.74. The highest BCUT2D eigenvalue weighted by Gasteiger charge is 2.50. The zero-order chi connectivity index (χ0) is 24.8. The number of hydrazine groups is 1. The van der Waals surface area contributed by atoms with Crippen molar-refractivity contribution >= 4 is 17.8 Å². The van der Waals surface area contributed by atoms with E-state index < -0.39 is 12.2 Å². The summed E-state index contributed by atoms with van der Waals surface area (Å²) in [6, 6.07) is 18.6. The lowest BCUT2D eigenvalue weighted by Crippen LogP contribution is -2.76. The van der Waals surface area contributed by atoms with Crippen molar-refractivity contribution in [1.82, 2.24) is 25.1 Å². The average molecular weight is 478 g/mol. The first-order valence-corrected chi connectivity index (χ1v) is 12.5. The molecule has 2 aromatic rings. The van der Waals surface area contributed by atoms with Gasteiger partial charge in [-0.25, -0.2) is 14.8 Å². The molecule has 186 valence electrons. The van der Waals surface area contributed by atoms with Gasteiger partial charge < -0.3 is 15.1 Å². The fourth-order valence-electron chi connectivity index (χ4n) is 4.95. The molecule has 0 radical (unpaired) electrons. The second-order valence-corrected chi connectivity index (χ2v) is 9.28. The van der Waals surface area contributed by atoms with E-state index in [-0.39, 0.29) is 24.4 Å². The molecule has 35 heavy (non-hydrogen) atoms. The Kier molecular flexibility index (Phi) is 8.02. The summed E-state index contributed by atoms with van der Waals surface area (Å²) in [5.74, 6) is -0.171. The maximum absolute atomic E-state index is 13.6. The predicted octanol–water partition coefficient (Wildman–Crippen LogP) is 2.86. The molecule has 1 N–H and O–H groups in total. The predicted molar refractivity (Wildman–Crippen MR) is 134 cm³/mol. The lowest BCUT2D eigenvalue weighted by atomic mass is 9.98. The van der Waals surface area contributed by atoms with Crippen LogP contribution in [0.3, 0.4) is 0 Å². The van der Waals surface area contributed by atoms with Crippen LogP contribution in [-0.4, -0.2) is 76.6 Å². The summed E-state index contributed by atoms with van der Waals surface area (Å²) in [7, 11) is 1.75. The van der Waals surface area contributed by atoms with E-state index >= 15 is 0 Å². The minimum Gasteiger partial charge on any atom is -0.337 e. The van der Waals surface area contributed by atoms with E-state index in [2.05, 4.69) is 12.2 Å². The van der Waals surface area contributed by atoms with Gasteiger partial charge in [-0.15, -0.1) is 0 Å². The smallest absolute Gasteiger partial charge is 0.334 e. The number of carbonyl (C=O) groups excluding carboxylic acids is 3. The van der Waals surface area contributed by atoms with Gasteiger partial charge in [0.2, 0.25) is 11.8 Å². The fraction of sp³-hybridized carbons (Fsp3) is 0.444. The molecule has 4 amide bonds. The van der Waals surface area contributed by atoms with Gasteiger partial charge in [-0.1, -0.05) is 80.4 Å². The second-order valence-electron chi connectivity index (χ2n) is 9.28. The van der Waals surface area contributed by atoms with Crippen LogP contribution < -0.4 is 5.32 Å². The van der Waals surface area contributed by atoms with Gasteiger partial charge in [-0.3, -0.25) is 9.59 Å². The Morgan fingerprint density at radius 1 is 0.971 bits per heavy atom. The molecule has 2 aromatic carbocycles. The Bertz CT molecular complexity index is 1020. The van der Waals surface area contributed by atoms with Gasteiger partial charge in [-0.05, 0) is 17.5 Å². The van der Waals surface area contributed by atoms with Gasteiger partial charge >= 0.3 is 6.03 Å². The topological polar surface area (TPSA) is 76.2 Å². The lowest BCUT2D eigenvalue weighted by Gasteiger charge is -2.54. The fourth-order valence-corrected chi connectivity index (χ4v) is 4.95. The Morgan fingerprint density at radius 2 is 1.63 bits per heavy atom. The summed E-state index contributed by atoms with van der Waals surface area (Å²) in [6.45, 7) is 3.49. The summed E-state index contributed by atoms with van der Waals surface area (Å²) in [5, 5.41) is 6.28. The third-order valence-electron chi connectivity index (χ3n) is 6.74. The molecule has 0 aromatic heterocycles. The van der Waals surface area contributed by atoms with Crippen LogP contribution in [0, 0.1) is 0 Å². The lowest BCUT2D eigenvalue weighted by molar-refractivity contribution is -0.186. The first-order chi connectivity index (χ1) is 17.0. The van der Waals surface area contributed by atoms with Crippen LogP contribution in [-0.2, 0) is 22.6 Å². The number of piperazine rings is 1. The summed E-state index contributed by atoms with van der Waals surface area (Å²) in [4.78, 5) is 43.7. The first-order valence-electron chi connectivity index (χ1n) is 12.5. The number of fused-ring (bicyclic) bond motifs is 1. The summed E-state index contributed by atoms with van der Waals surface area (Å²) >= 11 is 0. The van der Waals surface area contributed by atoms with E-state index in [9.17, 15) is 14.4 Å². The zero-order valence-electron chi connectivity index (χ0n) is 20.6. The Morgan fingerprint density at radius 3 is 2.29 bits per heavy atom. The maximum Gasteiger partial charge on any atom is 0.334 e. The normalized spacial score (nSPS) is 20.7. The highest BCUT2D eigenvalue weighted by atomic mass is 16.2. The highest BCUT2D eigenvalue weighted by Crippen LogP contribution is 2.28. The van der Waals surface area contributed by atoms with Crippen LogP contribution in [0.5, 0.6) is 0 Å². The molecule has 2 atom stereocenters. The number of nitrogens with one attached hydrogen (secondary N) is 1. The number of unbranched alkanes of at least 4 members (excludes halogenated alkanes) is 2. The molecule has 0 saturated carbocycles. The van der Waals surface area contributed by atoms with Gasteiger partial charge in [0.15, 0.2) is 0 Å². The quantitative estimate of drug-likeness (QED) is 0.594.